The van der Waals surface area contributed by atoms with E-state index < -0.39 is 0 Å². The molecule has 0 N–H and O–H groups in total. The lowest BCUT2D eigenvalue weighted by molar-refractivity contribution is 0.0899. The predicted octanol–water partition coefficient (Wildman–Crippen LogP) is 4.09. The van der Waals surface area contributed by atoms with Gasteiger partial charge in [-0.05, 0) is 33.6 Å². The zero-order chi connectivity index (χ0) is 9.85. The SMILES string of the molecule is CC1=CC[C@@]2(C)C(C)=C(C)[C@@]2(C)C1. The fourth-order valence-electron chi connectivity index (χ4n) is 3.31. The second-order valence-electron chi connectivity index (χ2n) is 5.35. The minimum absolute atomic E-state index is 0.468. The van der Waals surface area contributed by atoms with Crippen LogP contribution in [0.4, 0.5) is 0 Å². The zero-order valence-electron chi connectivity index (χ0n) is 9.49. The summed E-state index contributed by atoms with van der Waals surface area (Å²) in [4.78, 5) is 0. The van der Waals surface area contributed by atoms with Crippen molar-refractivity contribution in [1.82, 2.24) is 0 Å². The van der Waals surface area contributed by atoms with Crippen LogP contribution in [0.1, 0.15) is 47.5 Å². The lowest BCUT2D eigenvalue weighted by Crippen LogP contribution is -2.50. The largest absolute Gasteiger partial charge is 0.0847 e. The third-order valence-electron chi connectivity index (χ3n) is 4.93. The molecule has 0 fully saturated rings. The average Bonchev–Trinajstić information content (AvgIpc) is 2.10. The highest BCUT2D eigenvalue weighted by atomic mass is 14.6. The molecule has 0 heteroatoms. The monoisotopic (exact) mass is 176 g/mol. The van der Waals surface area contributed by atoms with Gasteiger partial charge >= 0.3 is 0 Å². The van der Waals surface area contributed by atoms with Crippen LogP contribution in [-0.4, -0.2) is 0 Å². The molecular weight excluding hydrogens is 156 g/mol. The third kappa shape index (κ3) is 0.820. The van der Waals surface area contributed by atoms with Crippen LogP contribution in [-0.2, 0) is 0 Å². The summed E-state index contributed by atoms with van der Waals surface area (Å²) in [5.74, 6) is 0. The fourth-order valence-corrected chi connectivity index (χ4v) is 3.31. The number of allylic oxidation sites excluding steroid dienone is 4. The van der Waals surface area contributed by atoms with E-state index in [1.165, 1.54) is 12.8 Å². The quantitative estimate of drug-likeness (QED) is 0.488. The van der Waals surface area contributed by atoms with Crippen LogP contribution in [0, 0.1) is 10.8 Å². The molecule has 0 radical (unpaired) electrons. The van der Waals surface area contributed by atoms with Crippen molar-refractivity contribution in [1.29, 1.82) is 0 Å². The molecule has 0 aromatic heterocycles. The zero-order valence-corrected chi connectivity index (χ0v) is 9.49. The van der Waals surface area contributed by atoms with Crippen LogP contribution in [0.15, 0.2) is 22.8 Å². The third-order valence-corrected chi connectivity index (χ3v) is 4.93. The smallest absolute Gasteiger partial charge is 0.00145 e. The first-order valence-electron chi connectivity index (χ1n) is 5.26. The van der Waals surface area contributed by atoms with Gasteiger partial charge in [0.05, 0.1) is 0 Å². The number of fused-ring (bicyclic) bond motifs is 1. The summed E-state index contributed by atoms with van der Waals surface area (Å²) in [5.41, 5.74) is 5.79. The average molecular weight is 176 g/mol. The van der Waals surface area contributed by atoms with E-state index in [2.05, 4.69) is 40.7 Å². The summed E-state index contributed by atoms with van der Waals surface area (Å²) >= 11 is 0. The molecule has 72 valence electrons. The van der Waals surface area contributed by atoms with Gasteiger partial charge in [0, 0.05) is 10.8 Å². The van der Waals surface area contributed by atoms with E-state index in [4.69, 9.17) is 0 Å². The van der Waals surface area contributed by atoms with Gasteiger partial charge < -0.3 is 0 Å². The molecule has 0 spiro atoms. The summed E-state index contributed by atoms with van der Waals surface area (Å²) in [6, 6.07) is 0. The minimum atomic E-state index is 0.468. The van der Waals surface area contributed by atoms with Gasteiger partial charge in [-0.1, -0.05) is 36.6 Å². The first-order chi connectivity index (χ1) is 5.92. The summed E-state index contributed by atoms with van der Waals surface area (Å²) in [5, 5.41) is 0. The molecule has 0 heterocycles. The van der Waals surface area contributed by atoms with E-state index in [0.717, 1.165) is 0 Å². The lowest BCUT2D eigenvalue weighted by atomic mass is 9.44. The van der Waals surface area contributed by atoms with Crippen molar-refractivity contribution in [3.05, 3.63) is 22.8 Å². The number of rotatable bonds is 0. The summed E-state index contributed by atoms with van der Waals surface area (Å²) < 4.78 is 0. The topological polar surface area (TPSA) is 0 Å². The first kappa shape index (κ1) is 9.05. The first-order valence-corrected chi connectivity index (χ1v) is 5.26. The molecule has 0 bridgehead atoms. The molecule has 0 aromatic carbocycles. The summed E-state index contributed by atoms with van der Waals surface area (Å²) in [6.07, 6.45) is 4.95. The minimum Gasteiger partial charge on any atom is -0.0847 e. The molecule has 0 unspecified atom stereocenters. The van der Waals surface area contributed by atoms with E-state index in [-0.39, 0.29) is 0 Å². The maximum atomic E-state index is 2.44. The Labute approximate surface area is 81.7 Å². The van der Waals surface area contributed by atoms with Gasteiger partial charge in [-0.15, -0.1) is 0 Å². The van der Waals surface area contributed by atoms with Gasteiger partial charge in [0.15, 0.2) is 0 Å². The second kappa shape index (κ2) is 2.29. The molecule has 2 aliphatic rings. The Morgan fingerprint density at radius 1 is 1.00 bits per heavy atom. The number of hydrogen-bond donors (Lipinski definition) is 0. The standard InChI is InChI=1S/C13H20/c1-9-6-7-12(4)10(2)11(3)13(12,5)8-9/h6H,7-8H2,1-5H3/t12-,13+/m0/s1. The molecule has 0 saturated carbocycles. The molecule has 2 aliphatic carbocycles. The van der Waals surface area contributed by atoms with Gasteiger partial charge in [0.1, 0.15) is 0 Å². The van der Waals surface area contributed by atoms with E-state index in [1.54, 1.807) is 16.7 Å². The summed E-state index contributed by atoms with van der Waals surface area (Å²) in [7, 11) is 0. The Morgan fingerprint density at radius 3 is 2.15 bits per heavy atom. The van der Waals surface area contributed by atoms with Crippen molar-refractivity contribution in [3.8, 4) is 0 Å². The maximum Gasteiger partial charge on any atom is 0.00145 e. The van der Waals surface area contributed by atoms with Crippen molar-refractivity contribution >= 4 is 0 Å². The Hall–Kier alpha value is -0.520. The molecule has 2 rings (SSSR count). The molecule has 2 atom stereocenters. The van der Waals surface area contributed by atoms with Crippen LogP contribution in [0.2, 0.25) is 0 Å². The molecule has 0 saturated heterocycles. The Morgan fingerprint density at radius 2 is 1.54 bits per heavy atom. The van der Waals surface area contributed by atoms with Gasteiger partial charge in [-0.3, -0.25) is 0 Å². The van der Waals surface area contributed by atoms with Gasteiger partial charge in [0.25, 0.3) is 0 Å². The van der Waals surface area contributed by atoms with Crippen molar-refractivity contribution in [2.45, 2.75) is 47.5 Å². The van der Waals surface area contributed by atoms with Crippen molar-refractivity contribution in [2.24, 2.45) is 10.8 Å². The molecule has 13 heavy (non-hydrogen) atoms. The van der Waals surface area contributed by atoms with Gasteiger partial charge in [-0.2, -0.15) is 0 Å². The second-order valence-corrected chi connectivity index (χ2v) is 5.35. The maximum absolute atomic E-state index is 2.44. The van der Waals surface area contributed by atoms with Crippen molar-refractivity contribution in [3.63, 3.8) is 0 Å². The Kier molecular flexibility index (Phi) is 1.59. The van der Waals surface area contributed by atoms with Crippen LogP contribution in [0.3, 0.4) is 0 Å². The molecule has 0 aromatic rings. The Bertz CT molecular complexity index is 319. The molecule has 0 amide bonds. The molecule has 0 nitrogen and oxygen atoms in total. The van der Waals surface area contributed by atoms with Crippen molar-refractivity contribution < 1.29 is 0 Å². The van der Waals surface area contributed by atoms with Gasteiger partial charge in [0.2, 0.25) is 0 Å². The van der Waals surface area contributed by atoms with Gasteiger partial charge in [-0.25, -0.2) is 0 Å². The lowest BCUT2D eigenvalue weighted by Gasteiger charge is -2.60. The van der Waals surface area contributed by atoms with E-state index in [0.29, 0.717) is 10.8 Å². The van der Waals surface area contributed by atoms with E-state index in [1.807, 2.05) is 0 Å². The number of hydrogen-bond acceptors (Lipinski definition) is 0. The highest BCUT2D eigenvalue weighted by molar-refractivity contribution is 5.44. The molecular formula is C13H20. The van der Waals surface area contributed by atoms with E-state index >= 15 is 0 Å². The van der Waals surface area contributed by atoms with Crippen LogP contribution in [0.25, 0.3) is 0 Å². The van der Waals surface area contributed by atoms with Crippen LogP contribution >= 0.6 is 0 Å². The highest BCUT2D eigenvalue weighted by Crippen LogP contribution is 2.66. The van der Waals surface area contributed by atoms with E-state index in [9.17, 15) is 0 Å². The highest BCUT2D eigenvalue weighted by Gasteiger charge is 2.55. The van der Waals surface area contributed by atoms with Crippen LogP contribution < -0.4 is 0 Å². The fraction of sp³-hybridized carbons (Fsp3) is 0.692. The molecule has 0 aliphatic heterocycles. The van der Waals surface area contributed by atoms with Crippen LogP contribution in [0.5, 0.6) is 0 Å². The summed E-state index contributed by atoms with van der Waals surface area (Å²) in [6.45, 7) is 11.8. The normalized spacial score (nSPS) is 43.9. The van der Waals surface area contributed by atoms with Crippen molar-refractivity contribution in [2.75, 3.05) is 0 Å². The predicted molar refractivity (Wildman–Crippen MR) is 57.6 cm³/mol. The Balaban J connectivity index is 2.47.